The largest absolute Gasteiger partial charge is 0.324 e. The number of benzene rings is 2. The average molecular weight is 409 g/mol. The van der Waals surface area contributed by atoms with Crippen molar-refractivity contribution in [2.45, 2.75) is 19.8 Å². The smallest absolute Gasteiger partial charge is 0.276 e. The first-order chi connectivity index (χ1) is 15.1. The third kappa shape index (κ3) is 3.61. The molecule has 1 amide bonds. The van der Waals surface area contributed by atoms with Crippen LogP contribution >= 0.6 is 0 Å². The lowest BCUT2D eigenvalue weighted by Gasteiger charge is -2.06. The van der Waals surface area contributed by atoms with Gasteiger partial charge in [-0.3, -0.25) is 19.9 Å². The van der Waals surface area contributed by atoms with Crippen LogP contribution in [0.5, 0.6) is 0 Å². The Balaban J connectivity index is 1.42. The Bertz CT molecular complexity index is 1410. The number of hydrogen-bond donors (Lipinski definition) is 2. The third-order valence-corrected chi connectivity index (χ3v) is 5.29. The first kappa shape index (κ1) is 18.9. The van der Waals surface area contributed by atoms with E-state index in [4.69, 9.17) is 0 Å². The number of aromatic amines is 1. The summed E-state index contributed by atoms with van der Waals surface area (Å²) in [5, 5.41) is 4.72. The van der Waals surface area contributed by atoms with Crippen LogP contribution in [0.15, 0.2) is 65.8 Å². The fraction of sp³-hybridized carbons (Fsp3) is 0.125. The van der Waals surface area contributed by atoms with Crippen molar-refractivity contribution in [1.29, 1.82) is 0 Å². The van der Waals surface area contributed by atoms with Crippen LogP contribution in [0.4, 0.5) is 5.95 Å². The summed E-state index contributed by atoms with van der Waals surface area (Å²) in [4.78, 5) is 41.8. The number of allylic oxidation sites excluding steroid dienone is 1. The maximum atomic E-state index is 12.8. The number of imidazole rings is 1. The highest BCUT2D eigenvalue weighted by Crippen LogP contribution is 2.22. The maximum absolute atomic E-state index is 12.8. The lowest BCUT2D eigenvalue weighted by molar-refractivity contribution is 0.0998. The molecule has 0 aliphatic carbocycles. The van der Waals surface area contributed by atoms with Crippen LogP contribution in [0.2, 0.25) is 0 Å². The van der Waals surface area contributed by atoms with Gasteiger partial charge < -0.3 is 4.98 Å². The number of amides is 1. The van der Waals surface area contributed by atoms with Gasteiger partial charge in [-0.1, -0.05) is 36.4 Å². The van der Waals surface area contributed by atoms with E-state index in [0.29, 0.717) is 28.7 Å². The number of aliphatic imine (C=N–C) groups is 1. The van der Waals surface area contributed by atoms with Crippen LogP contribution in [0.3, 0.4) is 0 Å². The number of Topliss-reactive ketones (excluding diaryl/α,β-unsaturated/α-hetero) is 1. The molecular formula is C24H19N5O2. The normalized spacial score (nSPS) is 13.0. The van der Waals surface area contributed by atoms with E-state index in [0.717, 1.165) is 22.2 Å². The van der Waals surface area contributed by atoms with Crippen LogP contribution in [0.25, 0.3) is 21.8 Å². The van der Waals surface area contributed by atoms with Gasteiger partial charge >= 0.3 is 0 Å². The zero-order valence-electron chi connectivity index (χ0n) is 16.8. The molecule has 152 valence electrons. The van der Waals surface area contributed by atoms with Crippen molar-refractivity contribution in [2.24, 2.45) is 4.99 Å². The van der Waals surface area contributed by atoms with Crippen molar-refractivity contribution in [3.05, 3.63) is 77.8 Å². The SMILES string of the molecule is Cc1nc(C(=O)Nc2nc3c(C(=O)CC4=NC=CC4)cccc3[nH]2)cc2ccccc12. The van der Waals surface area contributed by atoms with Gasteiger partial charge in [-0.05, 0) is 30.5 Å². The first-order valence-corrected chi connectivity index (χ1v) is 9.99. The van der Waals surface area contributed by atoms with E-state index >= 15 is 0 Å². The lowest BCUT2D eigenvalue weighted by atomic mass is 10.0. The van der Waals surface area contributed by atoms with E-state index in [2.05, 4.69) is 25.3 Å². The molecule has 2 aromatic carbocycles. The van der Waals surface area contributed by atoms with Crippen LogP contribution in [-0.4, -0.2) is 32.4 Å². The van der Waals surface area contributed by atoms with Crippen LogP contribution in [-0.2, 0) is 0 Å². The number of H-pyrrole nitrogens is 1. The quantitative estimate of drug-likeness (QED) is 0.470. The molecule has 1 aliphatic heterocycles. The Morgan fingerprint density at radius 2 is 1.97 bits per heavy atom. The van der Waals surface area contributed by atoms with Gasteiger partial charge in [0.25, 0.3) is 5.91 Å². The van der Waals surface area contributed by atoms with Crippen molar-refractivity contribution < 1.29 is 9.59 Å². The zero-order valence-corrected chi connectivity index (χ0v) is 16.8. The summed E-state index contributed by atoms with van der Waals surface area (Å²) in [6.07, 6.45) is 4.59. The van der Waals surface area contributed by atoms with Crippen LogP contribution in [0, 0.1) is 6.92 Å². The molecular weight excluding hydrogens is 390 g/mol. The van der Waals surface area contributed by atoms with Gasteiger partial charge in [0.15, 0.2) is 5.78 Å². The van der Waals surface area contributed by atoms with Crippen molar-refractivity contribution in [3.8, 4) is 0 Å². The lowest BCUT2D eigenvalue weighted by Crippen LogP contribution is -2.15. The Labute approximate surface area is 177 Å². The van der Waals surface area contributed by atoms with Crippen molar-refractivity contribution >= 4 is 45.2 Å². The van der Waals surface area contributed by atoms with E-state index < -0.39 is 0 Å². The van der Waals surface area contributed by atoms with E-state index in [9.17, 15) is 9.59 Å². The minimum atomic E-state index is -0.368. The minimum absolute atomic E-state index is 0.0516. The van der Waals surface area contributed by atoms with Gasteiger partial charge in [0, 0.05) is 41.4 Å². The van der Waals surface area contributed by atoms with E-state index in [1.165, 1.54) is 0 Å². The number of aromatic nitrogens is 3. The van der Waals surface area contributed by atoms with Gasteiger partial charge in [-0.2, -0.15) is 0 Å². The summed E-state index contributed by atoms with van der Waals surface area (Å²) in [5.41, 5.74) is 3.63. The molecule has 3 heterocycles. The number of rotatable bonds is 5. The molecule has 0 unspecified atom stereocenters. The highest BCUT2D eigenvalue weighted by atomic mass is 16.2. The van der Waals surface area contributed by atoms with E-state index in [1.807, 2.05) is 43.3 Å². The number of aryl methyl sites for hydroxylation is 1. The standard InChI is InChI=1S/C24H19N5O2/c1-14-17-8-3-2-6-15(17)12-20(26-14)23(31)29-24-27-19-10-4-9-18(22(19)28-24)21(30)13-16-7-5-11-25-16/h2-6,8-12H,7,13H2,1H3,(H2,27,28,29,31). The monoisotopic (exact) mass is 409 g/mol. The van der Waals surface area contributed by atoms with Gasteiger partial charge in [-0.15, -0.1) is 0 Å². The van der Waals surface area contributed by atoms with Gasteiger partial charge in [-0.25, -0.2) is 9.97 Å². The molecule has 0 saturated carbocycles. The second kappa shape index (κ2) is 7.60. The fourth-order valence-electron chi connectivity index (χ4n) is 3.78. The number of pyridine rings is 1. The fourth-order valence-corrected chi connectivity index (χ4v) is 3.78. The molecule has 0 spiro atoms. The van der Waals surface area contributed by atoms with Crippen molar-refractivity contribution in [2.75, 3.05) is 5.32 Å². The number of para-hydroxylation sites is 1. The van der Waals surface area contributed by atoms with Crippen LogP contribution in [0.1, 0.15) is 39.4 Å². The number of carbonyl (C=O) groups is 2. The molecule has 0 atom stereocenters. The van der Waals surface area contributed by atoms with E-state index in [-0.39, 0.29) is 24.1 Å². The zero-order chi connectivity index (χ0) is 21.4. The van der Waals surface area contributed by atoms with E-state index in [1.54, 1.807) is 24.4 Å². The number of nitrogens with one attached hydrogen (secondary N) is 2. The molecule has 0 saturated heterocycles. The predicted octanol–water partition coefficient (Wildman–Crippen LogP) is 4.60. The van der Waals surface area contributed by atoms with Gasteiger partial charge in [0.2, 0.25) is 5.95 Å². The summed E-state index contributed by atoms with van der Waals surface area (Å²) in [6, 6.07) is 14.9. The number of hydrogen-bond acceptors (Lipinski definition) is 5. The highest BCUT2D eigenvalue weighted by Gasteiger charge is 2.18. The topological polar surface area (TPSA) is 100 Å². The molecule has 1 aliphatic rings. The molecule has 0 fully saturated rings. The molecule has 4 aromatic rings. The second-order valence-electron chi connectivity index (χ2n) is 7.44. The number of ketones is 1. The Morgan fingerprint density at radius 3 is 2.81 bits per heavy atom. The summed E-state index contributed by atoms with van der Waals surface area (Å²) in [5.74, 6) is -0.149. The van der Waals surface area contributed by atoms with Crippen molar-refractivity contribution in [3.63, 3.8) is 0 Å². The Morgan fingerprint density at radius 1 is 1.10 bits per heavy atom. The molecule has 2 N–H and O–H groups in total. The first-order valence-electron chi connectivity index (χ1n) is 9.99. The number of nitrogens with zero attached hydrogens (tertiary/aromatic N) is 3. The third-order valence-electron chi connectivity index (χ3n) is 5.29. The molecule has 7 nitrogen and oxygen atoms in total. The Hall–Kier alpha value is -4.13. The van der Waals surface area contributed by atoms with Crippen LogP contribution < -0.4 is 5.32 Å². The molecule has 5 rings (SSSR count). The summed E-state index contributed by atoms with van der Waals surface area (Å²) < 4.78 is 0. The summed E-state index contributed by atoms with van der Waals surface area (Å²) >= 11 is 0. The molecule has 31 heavy (non-hydrogen) atoms. The molecule has 7 heteroatoms. The summed E-state index contributed by atoms with van der Waals surface area (Å²) in [7, 11) is 0. The maximum Gasteiger partial charge on any atom is 0.276 e. The number of carbonyl (C=O) groups excluding carboxylic acids is 2. The summed E-state index contributed by atoms with van der Waals surface area (Å²) in [6.45, 7) is 1.88. The number of fused-ring (bicyclic) bond motifs is 2. The minimum Gasteiger partial charge on any atom is -0.324 e. The molecule has 0 bridgehead atoms. The number of anilines is 1. The molecule has 0 radical (unpaired) electrons. The van der Waals surface area contributed by atoms with Crippen molar-refractivity contribution in [1.82, 2.24) is 15.0 Å². The molecule has 2 aromatic heterocycles. The van der Waals surface area contributed by atoms with Gasteiger partial charge in [0.1, 0.15) is 11.2 Å². The van der Waals surface area contributed by atoms with Gasteiger partial charge in [0.05, 0.1) is 5.52 Å². The average Bonchev–Trinajstić information content (AvgIpc) is 3.42. The predicted molar refractivity (Wildman–Crippen MR) is 121 cm³/mol. The highest BCUT2D eigenvalue weighted by molar-refractivity contribution is 6.15. The second-order valence-corrected chi connectivity index (χ2v) is 7.44. The Kier molecular flexibility index (Phi) is 4.63.